The lowest BCUT2D eigenvalue weighted by molar-refractivity contribution is -0.111. The molecule has 0 saturated heterocycles. The van der Waals surface area contributed by atoms with Gasteiger partial charge in [0.15, 0.2) is 0 Å². The van der Waals surface area contributed by atoms with Crippen molar-refractivity contribution in [3.8, 4) is 0 Å². The van der Waals surface area contributed by atoms with Crippen LogP contribution in [0.2, 0.25) is 0 Å². The standard InChI is InChI=1S/C11H9N3O/c1-2-11(15)13-10-7-12-14-9-6-4-3-5-8(9)10/h2-7H,1H2,(H,13,14,15). The van der Waals surface area contributed by atoms with Crippen molar-refractivity contribution in [2.24, 2.45) is 0 Å². The first-order chi connectivity index (χ1) is 7.31. The smallest absolute Gasteiger partial charge is 0.247 e. The van der Waals surface area contributed by atoms with Crippen molar-refractivity contribution in [3.05, 3.63) is 43.1 Å². The Morgan fingerprint density at radius 3 is 3.00 bits per heavy atom. The van der Waals surface area contributed by atoms with Gasteiger partial charge in [-0.15, -0.1) is 0 Å². The first-order valence-corrected chi connectivity index (χ1v) is 4.45. The zero-order valence-corrected chi connectivity index (χ0v) is 7.97. The van der Waals surface area contributed by atoms with Crippen LogP contribution in [0, 0.1) is 0 Å². The number of benzene rings is 1. The van der Waals surface area contributed by atoms with Crippen LogP contribution in [0.4, 0.5) is 5.69 Å². The third-order valence-corrected chi connectivity index (χ3v) is 1.99. The van der Waals surface area contributed by atoms with E-state index >= 15 is 0 Å². The lowest BCUT2D eigenvalue weighted by Gasteiger charge is -2.04. The van der Waals surface area contributed by atoms with Gasteiger partial charge in [-0.1, -0.05) is 24.8 Å². The van der Waals surface area contributed by atoms with E-state index in [0.29, 0.717) is 5.69 Å². The minimum atomic E-state index is -0.256. The molecule has 4 nitrogen and oxygen atoms in total. The number of carbonyl (C=O) groups excluding carboxylic acids is 1. The Hall–Kier alpha value is -2.23. The number of aromatic nitrogens is 2. The number of amides is 1. The van der Waals surface area contributed by atoms with Crippen molar-refractivity contribution in [2.45, 2.75) is 0 Å². The van der Waals surface area contributed by atoms with Gasteiger partial charge in [0.2, 0.25) is 5.91 Å². The molecule has 0 aliphatic rings. The zero-order chi connectivity index (χ0) is 10.7. The highest BCUT2D eigenvalue weighted by atomic mass is 16.1. The van der Waals surface area contributed by atoms with Crippen molar-refractivity contribution in [3.63, 3.8) is 0 Å². The number of nitrogens with zero attached hydrogens (tertiary/aromatic N) is 2. The third-order valence-electron chi connectivity index (χ3n) is 1.99. The van der Waals surface area contributed by atoms with E-state index in [9.17, 15) is 4.79 Å². The van der Waals surface area contributed by atoms with Gasteiger partial charge in [-0.3, -0.25) is 4.79 Å². The zero-order valence-electron chi connectivity index (χ0n) is 7.97. The van der Waals surface area contributed by atoms with Crippen molar-refractivity contribution in [1.29, 1.82) is 0 Å². The average Bonchev–Trinajstić information content (AvgIpc) is 2.29. The summed E-state index contributed by atoms with van der Waals surface area (Å²) in [7, 11) is 0. The van der Waals surface area contributed by atoms with Crippen LogP contribution in [-0.2, 0) is 4.79 Å². The topological polar surface area (TPSA) is 54.9 Å². The molecule has 0 aliphatic heterocycles. The molecule has 1 N–H and O–H groups in total. The lowest BCUT2D eigenvalue weighted by atomic mass is 10.2. The Bertz CT molecular complexity index is 517. The molecule has 1 aromatic heterocycles. The van der Waals surface area contributed by atoms with Gasteiger partial charge < -0.3 is 5.32 Å². The summed E-state index contributed by atoms with van der Waals surface area (Å²) in [4.78, 5) is 11.1. The molecule has 2 rings (SSSR count). The molecule has 15 heavy (non-hydrogen) atoms. The first-order valence-electron chi connectivity index (χ1n) is 4.45. The number of hydrogen-bond acceptors (Lipinski definition) is 3. The predicted octanol–water partition coefficient (Wildman–Crippen LogP) is 1.75. The Labute approximate surface area is 86.6 Å². The summed E-state index contributed by atoms with van der Waals surface area (Å²) >= 11 is 0. The van der Waals surface area contributed by atoms with Gasteiger partial charge in [0, 0.05) is 5.39 Å². The number of rotatable bonds is 2. The van der Waals surface area contributed by atoms with Crippen LogP contribution in [0.15, 0.2) is 43.1 Å². The van der Waals surface area contributed by atoms with E-state index < -0.39 is 0 Å². The fourth-order valence-electron chi connectivity index (χ4n) is 1.29. The van der Waals surface area contributed by atoms with Gasteiger partial charge in [-0.25, -0.2) is 0 Å². The summed E-state index contributed by atoms with van der Waals surface area (Å²) in [6.07, 6.45) is 2.74. The fraction of sp³-hybridized carbons (Fsp3) is 0. The first kappa shape index (κ1) is 9.33. The van der Waals surface area contributed by atoms with Crippen LogP contribution >= 0.6 is 0 Å². The molecule has 1 aromatic carbocycles. The van der Waals surface area contributed by atoms with E-state index in [-0.39, 0.29) is 5.91 Å². The molecule has 2 aromatic rings. The maximum Gasteiger partial charge on any atom is 0.247 e. The normalized spacial score (nSPS) is 9.87. The van der Waals surface area contributed by atoms with Crippen LogP contribution in [-0.4, -0.2) is 16.1 Å². The molecular formula is C11H9N3O. The Kier molecular flexibility index (Phi) is 2.41. The number of anilines is 1. The van der Waals surface area contributed by atoms with Crippen molar-refractivity contribution in [1.82, 2.24) is 10.2 Å². The summed E-state index contributed by atoms with van der Waals surface area (Å²) in [5.74, 6) is -0.256. The molecule has 0 saturated carbocycles. The number of nitrogens with one attached hydrogen (secondary N) is 1. The third kappa shape index (κ3) is 1.83. The summed E-state index contributed by atoms with van der Waals surface area (Å²) < 4.78 is 0. The second-order valence-corrected chi connectivity index (χ2v) is 2.97. The van der Waals surface area contributed by atoms with Crippen molar-refractivity contribution < 1.29 is 4.79 Å². The summed E-state index contributed by atoms with van der Waals surface area (Å²) in [5.41, 5.74) is 1.39. The monoisotopic (exact) mass is 199 g/mol. The Morgan fingerprint density at radius 2 is 2.20 bits per heavy atom. The summed E-state index contributed by atoms with van der Waals surface area (Å²) in [5, 5.41) is 11.3. The van der Waals surface area contributed by atoms with Crippen LogP contribution < -0.4 is 5.32 Å². The second-order valence-electron chi connectivity index (χ2n) is 2.97. The highest BCUT2D eigenvalue weighted by molar-refractivity contribution is 6.04. The molecule has 0 radical (unpaired) electrons. The van der Waals surface area contributed by atoms with Crippen LogP contribution in [0.1, 0.15) is 0 Å². The molecular weight excluding hydrogens is 190 g/mol. The summed E-state index contributed by atoms with van der Waals surface area (Å²) in [6, 6.07) is 7.47. The van der Waals surface area contributed by atoms with E-state index in [4.69, 9.17) is 0 Å². The van der Waals surface area contributed by atoms with Crippen LogP contribution in [0.25, 0.3) is 10.9 Å². The quantitative estimate of drug-likeness (QED) is 0.750. The summed E-state index contributed by atoms with van der Waals surface area (Å²) in [6.45, 7) is 3.39. The van der Waals surface area contributed by atoms with Gasteiger partial charge in [0.1, 0.15) is 0 Å². The molecule has 4 heteroatoms. The van der Waals surface area contributed by atoms with Gasteiger partial charge in [-0.05, 0) is 12.1 Å². The van der Waals surface area contributed by atoms with E-state index in [0.717, 1.165) is 10.9 Å². The van der Waals surface area contributed by atoms with Gasteiger partial charge in [0.25, 0.3) is 0 Å². The molecule has 0 aliphatic carbocycles. The largest absolute Gasteiger partial charge is 0.321 e. The highest BCUT2D eigenvalue weighted by Crippen LogP contribution is 2.19. The second kappa shape index (κ2) is 3.88. The lowest BCUT2D eigenvalue weighted by Crippen LogP contribution is -2.08. The number of fused-ring (bicyclic) bond motifs is 1. The average molecular weight is 199 g/mol. The van der Waals surface area contributed by atoms with E-state index in [1.807, 2.05) is 24.3 Å². The molecule has 1 heterocycles. The Balaban J connectivity index is 2.51. The van der Waals surface area contributed by atoms with Gasteiger partial charge >= 0.3 is 0 Å². The van der Waals surface area contributed by atoms with Crippen LogP contribution in [0.5, 0.6) is 0 Å². The SMILES string of the molecule is C=CC(=O)Nc1cnnc2ccccc12. The predicted molar refractivity (Wildman–Crippen MR) is 58.4 cm³/mol. The molecule has 0 unspecified atom stereocenters. The molecule has 0 bridgehead atoms. The fourth-order valence-corrected chi connectivity index (χ4v) is 1.29. The number of hydrogen-bond donors (Lipinski definition) is 1. The van der Waals surface area contributed by atoms with Crippen molar-refractivity contribution >= 4 is 22.5 Å². The Morgan fingerprint density at radius 1 is 1.40 bits per heavy atom. The van der Waals surface area contributed by atoms with E-state index in [2.05, 4.69) is 22.1 Å². The van der Waals surface area contributed by atoms with Gasteiger partial charge in [-0.2, -0.15) is 10.2 Å². The van der Waals surface area contributed by atoms with Crippen molar-refractivity contribution in [2.75, 3.05) is 5.32 Å². The highest BCUT2D eigenvalue weighted by Gasteiger charge is 2.03. The van der Waals surface area contributed by atoms with E-state index in [1.165, 1.54) is 12.3 Å². The van der Waals surface area contributed by atoms with Crippen LogP contribution in [0.3, 0.4) is 0 Å². The van der Waals surface area contributed by atoms with Gasteiger partial charge in [0.05, 0.1) is 17.4 Å². The molecule has 1 amide bonds. The molecule has 74 valence electrons. The molecule has 0 fully saturated rings. The molecule has 0 atom stereocenters. The minimum absolute atomic E-state index is 0.256. The maximum atomic E-state index is 11.1. The minimum Gasteiger partial charge on any atom is -0.321 e. The molecule has 0 spiro atoms. The number of carbonyl (C=O) groups is 1. The van der Waals surface area contributed by atoms with E-state index in [1.54, 1.807) is 0 Å². The maximum absolute atomic E-state index is 11.1.